The highest BCUT2D eigenvalue weighted by molar-refractivity contribution is 6.05. The Balaban J connectivity index is 1.67. The van der Waals surface area contributed by atoms with Crippen LogP contribution in [-0.2, 0) is 13.0 Å². The largest absolute Gasteiger partial charge is 0.319 e. The van der Waals surface area contributed by atoms with E-state index in [-0.39, 0.29) is 5.91 Å². The predicted octanol–water partition coefficient (Wildman–Crippen LogP) is 2.11. The summed E-state index contributed by atoms with van der Waals surface area (Å²) in [5.41, 5.74) is 5.93. The van der Waals surface area contributed by atoms with Crippen LogP contribution in [0.3, 0.4) is 0 Å². The number of hydrogen-bond acceptors (Lipinski definition) is 4. The van der Waals surface area contributed by atoms with Crippen LogP contribution in [0.5, 0.6) is 0 Å². The molecule has 0 saturated carbocycles. The van der Waals surface area contributed by atoms with Crippen molar-refractivity contribution in [3.8, 4) is 5.69 Å². The minimum Gasteiger partial charge on any atom is -0.319 e. The molecule has 1 amide bonds. The fourth-order valence-corrected chi connectivity index (χ4v) is 3.23. The lowest BCUT2D eigenvalue weighted by atomic mass is 10.1. The van der Waals surface area contributed by atoms with E-state index in [1.165, 1.54) is 0 Å². The first kappa shape index (κ1) is 15.6. The van der Waals surface area contributed by atoms with E-state index in [0.717, 1.165) is 41.3 Å². The summed E-state index contributed by atoms with van der Waals surface area (Å²) in [6, 6.07) is 9.65. The molecule has 25 heavy (non-hydrogen) atoms. The van der Waals surface area contributed by atoms with Gasteiger partial charge in [0, 0.05) is 36.5 Å². The molecule has 3 N–H and O–H groups in total. The third-order valence-electron chi connectivity index (χ3n) is 4.41. The van der Waals surface area contributed by atoms with Crippen LogP contribution in [0.1, 0.15) is 33.1 Å². The molecule has 7 heteroatoms. The number of fused-ring (bicyclic) bond motifs is 1. The average molecular weight is 336 g/mol. The molecule has 0 spiro atoms. The van der Waals surface area contributed by atoms with Gasteiger partial charge in [-0.05, 0) is 32.0 Å². The van der Waals surface area contributed by atoms with Gasteiger partial charge in [-0.3, -0.25) is 9.89 Å². The molecule has 0 saturated heterocycles. The topological polar surface area (TPSA) is 87.6 Å². The maximum Gasteiger partial charge on any atom is 0.276 e. The lowest BCUT2D eigenvalue weighted by molar-refractivity contribution is 0.102. The standard InChI is InChI=1S/C18H20N6O/c1-11-9-12(2)24(23-11)16-6-4-3-5-15(16)20-18(25)17-13-10-19-8-7-14(13)21-22-17/h3-6,9,19H,7-8,10H2,1-2H3,(H,20,25)(H,21,22). The second-order valence-electron chi connectivity index (χ2n) is 6.27. The van der Waals surface area contributed by atoms with E-state index in [2.05, 4.69) is 25.9 Å². The van der Waals surface area contributed by atoms with Crippen LogP contribution in [-0.4, -0.2) is 32.4 Å². The second kappa shape index (κ2) is 6.18. The zero-order valence-corrected chi connectivity index (χ0v) is 14.3. The van der Waals surface area contributed by atoms with E-state index < -0.39 is 0 Å². The van der Waals surface area contributed by atoms with Gasteiger partial charge in [0.05, 0.1) is 17.1 Å². The van der Waals surface area contributed by atoms with E-state index in [1.54, 1.807) is 0 Å². The number of aryl methyl sites for hydroxylation is 2. The highest BCUT2D eigenvalue weighted by Crippen LogP contribution is 2.23. The minimum absolute atomic E-state index is 0.213. The molecule has 0 aliphatic carbocycles. The number of carbonyl (C=O) groups excluding carboxylic acids is 1. The monoisotopic (exact) mass is 336 g/mol. The Hall–Kier alpha value is -2.93. The Morgan fingerprint density at radius 1 is 1.28 bits per heavy atom. The normalized spacial score (nSPS) is 13.5. The van der Waals surface area contributed by atoms with Crippen molar-refractivity contribution in [1.29, 1.82) is 0 Å². The van der Waals surface area contributed by atoms with Gasteiger partial charge in [0.2, 0.25) is 0 Å². The number of nitrogens with zero attached hydrogens (tertiary/aromatic N) is 3. The molecule has 0 fully saturated rings. The number of hydrogen-bond donors (Lipinski definition) is 3. The Morgan fingerprint density at radius 2 is 2.12 bits per heavy atom. The van der Waals surface area contributed by atoms with Gasteiger partial charge in [0.15, 0.2) is 5.69 Å². The lowest BCUT2D eigenvalue weighted by Crippen LogP contribution is -2.25. The van der Waals surface area contributed by atoms with E-state index in [0.29, 0.717) is 17.9 Å². The molecule has 7 nitrogen and oxygen atoms in total. The number of carbonyl (C=O) groups is 1. The van der Waals surface area contributed by atoms with E-state index in [1.807, 2.05) is 48.9 Å². The summed E-state index contributed by atoms with van der Waals surface area (Å²) in [7, 11) is 0. The summed E-state index contributed by atoms with van der Waals surface area (Å²) < 4.78 is 1.84. The number of benzene rings is 1. The van der Waals surface area contributed by atoms with Gasteiger partial charge in [-0.15, -0.1) is 0 Å². The molecular weight excluding hydrogens is 316 g/mol. The molecule has 1 aliphatic rings. The first-order valence-corrected chi connectivity index (χ1v) is 8.34. The van der Waals surface area contributed by atoms with Crippen molar-refractivity contribution < 1.29 is 4.79 Å². The van der Waals surface area contributed by atoms with Gasteiger partial charge < -0.3 is 10.6 Å². The minimum atomic E-state index is -0.213. The zero-order chi connectivity index (χ0) is 17.4. The Labute approximate surface area is 145 Å². The molecule has 3 heterocycles. The van der Waals surface area contributed by atoms with Crippen molar-refractivity contribution >= 4 is 11.6 Å². The summed E-state index contributed by atoms with van der Waals surface area (Å²) in [5, 5.41) is 18.0. The summed E-state index contributed by atoms with van der Waals surface area (Å²) in [6.07, 6.45) is 0.859. The van der Waals surface area contributed by atoms with Crippen molar-refractivity contribution in [2.75, 3.05) is 11.9 Å². The number of nitrogens with one attached hydrogen (secondary N) is 3. The van der Waals surface area contributed by atoms with E-state index in [9.17, 15) is 4.79 Å². The van der Waals surface area contributed by atoms with Crippen LogP contribution in [0.2, 0.25) is 0 Å². The summed E-state index contributed by atoms with van der Waals surface area (Å²) >= 11 is 0. The SMILES string of the molecule is Cc1cc(C)n(-c2ccccc2NC(=O)c2n[nH]c3c2CNCC3)n1. The smallest absolute Gasteiger partial charge is 0.276 e. The van der Waals surface area contributed by atoms with Crippen LogP contribution in [0.4, 0.5) is 5.69 Å². The number of aromatic nitrogens is 4. The Morgan fingerprint density at radius 3 is 2.92 bits per heavy atom. The number of amides is 1. The van der Waals surface area contributed by atoms with Crippen molar-refractivity contribution in [3.05, 3.63) is 58.7 Å². The van der Waals surface area contributed by atoms with Crippen molar-refractivity contribution in [1.82, 2.24) is 25.3 Å². The summed E-state index contributed by atoms with van der Waals surface area (Å²) in [5.74, 6) is -0.213. The fourth-order valence-electron chi connectivity index (χ4n) is 3.23. The number of rotatable bonds is 3. The summed E-state index contributed by atoms with van der Waals surface area (Å²) in [6.45, 7) is 5.51. The van der Waals surface area contributed by atoms with Gasteiger partial charge in [-0.2, -0.15) is 10.2 Å². The predicted molar refractivity (Wildman–Crippen MR) is 95.0 cm³/mol. The molecule has 4 rings (SSSR count). The lowest BCUT2D eigenvalue weighted by Gasteiger charge is -2.14. The van der Waals surface area contributed by atoms with Crippen LogP contribution < -0.4 is 10.6 Å². The molecule has 1 aliphatic heterocycles. The number of para-hydroxylation sites is 2. The number of aromatic amines is 1. The first-order valence-electron chi connectivity index (χ1n) is 8.34. The van der Waals surface area contributed by atoms with Gasteiger partial charge in [0.1, 0.15) is 0 Å². The van der Waals surface area contributed by atoms with Gasteiger partial charge in [-0.1, -0.05) is 12.1 Å². The first-order chi connectivity index (χ1) is 12.1. The molecule has 0 bridgehead atoms. The summed E-state index contributed by atoms with van der Waals surface area (Å²) in [4.78, 5) is 12.8. The third-order valence-corrected chi connectivity index (χ3v) is 4.41. The molecule has 0 radical (unpaired) electrons. The molecule has 1 aromatic carbocycles. The van der Waals surface area contributed by atoms with Crippen LogP contribution in [0.15, 0.2) is 30.3 Å². The van der Waals surface area contributed by atoms with Crippen LogP contribution >= 0.6 is 0 Å². The highest BCUT2D eigenvalue weighted by Gasteiger charge is 2.22. The zero-order valence-electron chi connectivity index (χ0n) is 14.3. The molecule has 3 aromatic rings. The molecule has 0 atom stereocenters. The number of anilines is 1. The molecular formula is C18H20N6O. The van der Waals surface area contributed by atoms with Crippen molar-refractivity contribution in [2.24, 2.45) is 0 Å². The van der Waals surface area contributed by atoms with Crippen molar-refractivity contribution in [3.63, 3.8) is 0 Å². The Kier molecular flexibility index (Phi) is 3.85. The van der Waals surface area contributed by atoms with Crippen LogP contribution in [0, 0.1) is 13.8 Å². The molecule has 2 aromatic heterocycles. The molecule has 0 unspecified atom stereocenters. The van der Waals surface area contributed by atoms with E-state index >= 15 is 0 Å². The maximum atomic E-state index is 12.8. The van der Waals surface area contributed by atoms with E-state index in [4.69, 9.17) is 0 Å². The van der Waals surface area contributed by atoms with Gasteiger partial charge >= 0.3 is 0 Å². The van der Waals surface area contributed by atoms with Crippen LogP contribution in [0.25, 0.3) is 5.69 Å². The highest BCUT2D eigenvalue weighted by atomic mass is 16.2. The second-order valence-corrected chi connectivity index (χ2v) is 6.27. The quantitative estimate of drug-likeness (QED) is 0.683. The number of H-pyrrole nitrogens is 1. The Bertz CT molecular complexity index is 939. The third kappa shape index (κ3) is 2.83. The average Bonchev–Trinajstić information content (AvgIpc) is 3.18. The fraction of sp³-hybridized carbons (Fsp3) is 0.278. The van der Waals surface area contributed by atoms with Gasteiger partial charge in [0.25, 0.3) is 5.91 Å². The van der Waals surface area contributed by atoms with Gasteiger partial charge in [-0.25, -0.2) is 4.68 Å². The van der Waals surface area contributed by atoms with Crippen molar-refractivity contribution in [2.45, 2.75) is 26.8 Å². The molecule has 128 valence electrons. The maximum absolute atomic E-state index is 12.8.